The predicted molar refractivity (Wildman–Crippen MR) is 82.1 cm³/mol. The lowest BCUT2D eigenvalue weighted by molar-refractivity contribution is -0.141. The van der Waals surface area contributed by atoms with Gasteiger partial charge in [0.05, 0.1) is 0 Å². The third-order valence-electron chi connectivity index (χ3n) is 4.91. The SMILES string of the molecule is COC1(OC)C(C)C1c1c(C)cc(C)c2ccccc12. The van der Waals surface area contributed by atoms with Crippen LogP contribution in [-0.4, -0.2) is 20.0 Å². The Kier molecular flexibility index (Phi) is 3.11. The summed E-state index contributed by atoms with van der Waals surface area (Å²) in [6, 6.07) is 10.9. The van der Waals surface area contributed by atoms with Crippen LogP contribution in [0.2, 0.25) is 0 Å². The molecule has 3 rings (SSSR count). The van der Waals surface area contributed by atoms with E-state index >= 15 is 0 Å². The third kappa shape index (κ3) is 1.65. The Balaban J connectivity index is 2.23. The maximum Gasteiger partial charge on any atom is 0.178 e. The van der Waals surface area contributed by atoms with Crippen LogP contribution in [0, 0.1) is 19.8 Å². The maximum atomic E-state index is 5.69. The Labute approximate surface area is 120 Å². The molecule has 0 bridgehead atoms. The average Bonchev–Trinajstić information content (AvgIpc) is 3.04. The van der Waals surface area contributed by atoms with Crippen molar-refractivity contribution in [3.63, 3.8) is 0 Å². The fourth-order valence-corrected chi connectivity index (χ4v) is 3.83. The maximum absolute atomic E-state index is 5.69. The first-order chi connectivity index (χ1) is 9.56. The van der Waals surface area contributed by atoms with Gasteiger partial charge in [0, 0.05) is 26.1 Å². The molecule has 0 N–H and O–H groups in total. The smallest absolute Gasteiger partial charge is 0.178 e. The highest BCUT2D eigenvalue weighted by atomic mass is 16.7. The van der Waals surface area contributed by atoms with Gasteiger partial charge in [-0.15, -0.1) is 0 Å². The molecule has 1 aliphatic rings. The Morgan fingerprint density at radius 3 is 2.10 bits per heavy atom. The number of methoxy groups -OCH3 is 2. The van der Waals surface area contributed by atoms with Gasteiger partial charge >= 0.3 is 0 Å². The molecule has 1 aliphatic carbocycles. The number of benzene rings is 2. The zero-order valence-corrected chi connectivity index (χ0v) is 12.9. The van der Waals surface area contributed by atoms with Gasteiger partial charge in [-0.2, -0.15) is 0 Å². The zero-order valence-electron chi connectivity index (χ0n) is 12.9. The lowest BCUT2D eigenvalue weighted by Gasteiger charge is -2.17. The van der Waals surface area contributed by atoms with Crippen LogP contribution >= 0.6 is 0 Å². The van der Waals surface area contributed by atoms with Gasteiger partial charge in [0.2, 0.25) is 0 Å². The van der Waals surface area contributed by atoms with Gasteiger partial charge < -0.3 is 9.47 Å². The standard InChI is InChI=1S/C18H22O2/c1-11-10-12(2)16(15-9-7-6-8-14(11)15)17-13(3)18(17,19-4)20-5/h6-10,13,17H,1-5H3. The van der Waals surface area contributed by atoms with Crippen molar-refractivity contribution in [3.05, 3.63) is 47.0 Å². The van der Waals surface area contributed by atoms with E-state index in [0.717, 1.165) is 0 Å². The molecule has 1 saturated carbocycles. The van der Waals surface area contributed by atoms with Gasteiger partial charge in [-0.1, -0.05) is 37.3 Å². The Hall–Kier alpha value is -1.38. The van der Waals surface area contributed by atoms with E-state index < -0.39 is 5.79 Å². The van der Waals surface area contributed by atoms with Crippen LogP contribution in [0.5, 0.6) is 0 Å². The molecule has 106 valence electrons. The molecule has 1 fully saturated rings. The molecular formula is C18H22O2. The molecule has 20 heavy (non-hydrogen) atoms. The topological polar surface area (TPSA) is 18.5 Å². The van der Waals surface area contributed by atoms with Gasteiger partial charge in [-0.05, 0) is 41.3 Å². The fourth-order valence-electron chi connectivity index (χ4n) is 3.83. The molecular weight excluding hydrogens is 248 g/mol. The molecule has 2 nitrogen and oxygen atoms in total. The molecule has 2 aromatic carbocycles. The summed E-state index contributed by atoms with van der Waals surface area (Å²) in [5.74, 6) is 0.230. The first-order valence-electron chi connectivity index (χ1n) is 7.16. The van der Waals surface area contributed by atoms with E-state index in [4.69, 9.17) is 9.47 Å². The lowest BCUT2D eigenvalue weighted by Crippen LogP contribution is -2.19. The Morgan fingerprint density at radius 1 is 0.950 bits per heavy atom. The van der Waals surface area contributed by atoms with E-state index in [1.54, 1.807) is 14.2 Å². The van der Waals surface area contributed by atoms with Gasteiger partial charge in [-0.3, -0.25) is 0 Å². The van der Waals surface area contributed by atoms with Gasteiger partial charge in [0.15, 0.2) is 5.79 Å². The highest BCUT2D eigenvalue weighted by molar-refractivity contribution is 5.90. The van der Waals surface area contributed by atoms with Crippen molar-refractivity contribution in [2.75, 3.05) is 14.2 Å². The summed E-state index contributed by atoms with van der Waals surface area (Å²) < 4.78 is 11.4. The minimum absolute atomic E-state index is 0.308. The van der Waals surface area contributed by atoms with Crippen LogP contribution in [0.1, 0.15) is 29.5 Å². The number of fused-ring (bicyclic) bond motifs is 1. The van der Waals surface area contributed by atoms with E-state index in [9.17, 15) is 0 Å². The molecule has 2 heteroatoms. The summed E-state index contributed by atoms with van der Waals surface area (Å²) in [7, 11) is 3.48. The van der Waals surface area contributed by atoms with Crippen molar-refractivity contribution in [2.45, 2.75) is 32.5 Å². The minimum atomic E-state index is -0.456. The van der Waals surface area contributed by atoms with Crippen LogP contribution in [0.25, 0.3) is 10.8 Å². The summed E-state index contributed by atoms with van der Waals surface area (Å²) in [5.41, 5.74) is 4.03. The average molecular weight is 270 g/mol. The van der Waals surface area contributed by atoms with Crippen molar-refractivity contribution < 1.29 is 9.47 Å². The number of rotatable bonds is 3. The zero-order chi connectivity index (χ0) is 14.5. The normalized spacial score (nSPS) is 24.1. The van der Waals surface area contributed by atoms with Crippen LogP contribution < -0.4 is 0 Å². The second-order valence-electron chi connectivity index (χ2n) is 5.87. The van der Waals surface area contributed by atoms with Crippen molar-refractivity contribution in [1.29, 1.82) is 0 Å². The van der Waals surface area contributed by atoms with E-state index in [1.165, 1.54) is 27.5 Å². The molecule has 0 aromatic heterocycles. The fraction of sp³-hybridized carbons (Fsp3) is 0.444. The van der Waals surface area contributed by atoms with Gasteiger partial charge in [0.25, 0.3) is 0 Å². The molecule has 2 unspecified atom stereocenters. The molecule has 0 aliphatic heterocycles. The number of hydrogen-bond acceptors (Lipinski definition) is 2. The number of hydrogen-bond donors (Lipinski definition) is 0. The Morgan fingerprint density at radius 2 is 1.55 bits per heavy atom. The minimum Gasteiger partial charge on any atom is -0.352 e. The molecule has 0 saturated heterocycles. The first kappa shape index (κ1) is 13.6. The number of aryl methyl sites for hydroxylation is 2. The van der Waals surface area contributed by atoms with Crippen LogP contribution in [0.4, 0.5) is 0 Å². The van der Waals surface area contributed by atoms with Gasteiger partial charge in [-0.25, -0.2) is 0 Å². The van der Waals surface area contributed by atoms with Crippen LogP contribution in [0.15, 0.2) is 30.3 Å². The predicted octanol–water partition coefficient (Wildman–Crippen LogP) is 4.18. The highest BCUT2D eigenvalue weighted by Crippen LogP contribution is 2.61. The summed E-state index contributed by atoms with van der Waals surface area (Å²) in [4.78, 5) is 0. The quantitative estimate of drug-likeness (QED) is 0.779. The first-order valence-corrected chi connectivity index (χ1v) is 7.16. The van der Waals surface area contributed by atoms with Gasteiger partial charge in [0.1, 0.15) is 0 Å². The number of ether oxygens (including phenoxy) is 2. The monoisotopic (exact) mass is 270 g/mol. The second kappa shape index (κ2) is 4.57. The van der Waals surface area contributed by atoms with Crippen LogP contribution in [-0.2, 0) is 9.47 Å². The van der Waals surface area contributed by atoms with Crippen molar-refractivity contribution in [2.24, 2.45) is 5.92 Å². The molecule has 2 atom stereocenters. The van der Waals surface area contributed by atoms with E-state index in [1.807, 2.05) is 0 Å². The molecule has 0 heterocycles. The third-order valence-corrected chi connectivity index (χ3v) is 4.91. The van der Waals surface area contributed by atoms with Crippen LogP contribution in [0.3, 0.4) is 0 Å². The second-order valence-corrected chi connectivity index (χ2v) is 5.87. The van der Waals surface area contributed by atoms with E-state index in [2.05, 4.69) is 51.1 Å². The Bertz CT molecular complexity index is 656. The summed E-state index contributed by atoms with van der Waals surface area (Å²) in [6.07, 6.45) is 0. The van der Waals surface area contributed by atoms with E-state index in [0.29, 0.717) is 11.8 Å². The molecule has 0 amide bonds. The van der Waals surface area contributed by atoms with Crippen molar-refractivity contribution in [3.8, 4) is 0 Å². The van der Waals surface area contributed by atoms with Crippen molar-refractivity contribution in [1.82, 2.24) is 0 Å². The highest BCUT2D eigenvalue weighted by Gasteiger charge is 2.65. The molecule has 0 radical (unpaired) electrons. The lowest BCUT2D eigenvalue weighted by atomic mass is 9.92. The largest absolute Gasteiger partial charge is 0.352 e. The van der Waals surface area contributed by atoms with Crippen molar-refractivity contribution >= 4 is 10.8 Å². The molecule has 0 spiro atoms. The summed E-state index contributed by atoms with van der Waals surface area (Å²) in [6.45, 7) is 6.57. The molecule has 2 aromatic rings. The summed E-state index contributed by atoms with van der Waals surface area (Å²) in [5, 5.41) is 2.66. The summed E-state index contributed by atoms with van der Waals surface area (Å²) >= 11 is 0. The van der Waals surface area contributed by atoms with E-state index in [-0.39, 0.29) is 0 Å².